The average molecular weight is 302 g/mol. The third kappa shape index (κ3) is 2.51. The molecule has 1 aromatic carbocycles. The van der Waals surface area contributed by atoms with Crippen molar-refractivity contribution in [2.75, 3.05) is 6.61 Å². The molecule has 90 valence electrons. The molecule has 0 saturated heterocycles. The second-order valence-corrected chi connectivity index (χ2v) is 4.23. The molecule has 7 heteroatoms. The number of nitrogens with two attached hydrogens (primary N) is 1. The minimum atomic E-state index is -0.708. The Balaban J connectivity index is 2.33. The van der Waals surface area contributed by atoms with E-state index in [0.717, 1.165) is 0 Å². The van der Waals surface area contributed by atoms with Crippen LogP contribution in [0.5, 0.6) is 0 Å². The van der Waals surface area contributed by atoms with Gasteiger partial charge in [0.15, 0.2) is 0 Å². The summed E-state index contributed by atoms with van der Waals surface area (Å²) in [5.41, 5.74) is 6.12. The maximum Gasteiger partial charge on any atom is 0.246 e. The monoisotopic (exact) mass is 301 g/mol. The lowest BCUT2D eigenvalue weighted by Gasteiger charge is -1.99. The maximum absolute atomic E-state index is 13.0. The van der Waals surface area contributed by atoms with E-state index in [1.807, 2.05) is 0 Å². The minimum absolute atomic E-state index is 0.142. The van der Waals surface area contributed by atoms with Gasteiger partial charge < -0.3 is 15.4 Å². The SMILES string of the molecule is N[C@H](CO)c1nc(-c2ccc(F)c(Br)c2)no1. The molecule has 0 aliphatic rings. The number of aromatic nitrogens is 2. The molecule has 17 heavy (non-hydrogen) atoms. The number of aliphatic hydroxyl groups is 1. The Bertz CT molecular complexity index is 532. The van der Waals surface area contributed by atoms with Gasteiger partial charge >= 0.3 is 0 Å². The van der Waals surface area contributed by atoms with Crippen molar-refractivity contribution in [2.24, 2.45) is 5.73 Å². The highest BCUT2D eigenvalue weighted by molar-refractivity contribution is 9.10. The highest BCUT2D eigenvalue weighted by Gasteiger charge is 2.15. The Hall–Kier alpha value is -1.31. The number of halogens is 2. The van der Waals surface area contributed by atoms with Crippen molar-refractivity contribution in [3.63, 3.8) is 0 Å². The molecule has 1 atom stereocenters. The third-order valence-electron chi connectivity index (χ3n) is 2.13. The van der Waals surface area contributed by atoms with Crippen molar-refractivity contribution in [2.45, 2.75) is 6.04 Å². The van der Waals surface area contributed by atoms with Crippen molar-refractivity contribution in [3.05, 3.63) is 34.4 Å². The highest BCUT2D eigenvalue weighted by atomic mass is 79.9. The smallest absolute Gasteiger partial charge is 0.246 e. The van der Waals surface area contributed by atoms with E-state index in [1.165, 1.54) is 18.2 Å². The molecule has 1 aromatic heterocycles. The van der Waals surface area contributed by atoms with Crippen LogP contribution in [0, 0.1) is 5.82 Å². The molecule has 2 rings (SSSR count). The predicted octanol–water partition coefficient (Wildman–Crippen LogP) is 1.63. The molecule has 0 saturated carbocycles. The number of aliphatic hydroxyl groups excluding tert-OH is 1. The molecule has 0 unspecified atom stereocenters. The van der Waals surface area contributed by atoms with Gasteiger partial charge in [0, 0.05) is 5.56 Å². The number of nitrogens with zero attached hydrogens (tertiary/aromatic N) is 2. The van der Waals surface area contributed by atoms with Crippen LogP contribution in [0.2, 0.25) is 0 Å². The van der Waals surface area contributed by atoms with Crippen LogP contribution in [0.3, 0.4) is 0 Å². The molecule has 3 N–H and O–H groups in total. The number of benzene rings is 1. The van der Waals surface area contributed by atoms with Crippen LogP contribution < -0.4 is 5.73 Å². The third-order valence-corrected chi connectivity index (χ3v) is 2.74. The molecule has 1 heterocycles. The fourth-order valence-corrected chi connectivity index (χ4v) is 1.60. The summed E-state index contributed by atoms with van der Waals surface area (Å²) in [4.78, 5) is 4.02. The number of hydrogen-bond donors (Lipinski definition) is 2. The van der Waals surface area contributed by atoms with Crippen LogP contribution in [-0.2, 0) is 0 Å². The summed E-state index contributed by atoms with van der Waals surface area (Å²) in [5.74, 6) is 0.0667. The highest BCUT2D eigenvalue weighted by Crippen LogP contribution is 2.23. The summed E-state index contributed by atoms with van der Waals surface area (Å²) in [6.45, 7) is -0.283. The van der Waals surface area contributed by atoms with Crippen LogP contribution in [0.4, 0.5) is 4.39 Å². The molecule has 0 radical (unpaired) electrons. The summed E-state index contributed by atoms with van der Waals surface area (Å²) >= 11 is 3.07. The lowest BCUT2D eigenvalue weighted by molar-refractivity contribution is 0.237. The van der Waals surface area contributed by atoms with Gasteiger partial charge in [0.2, 0.25) is 11.7 Å². The Morgan fingerprint density at radius 3 is 2.94 bits per heavy atom. The molecule has 0 aliphatic heterocycles. The van der Waals surface area contributed by atoms with Crippen LogP contribution in [-0.4, -0.2) is 21.9 Å². The van der Waals surface area contributed by atoms with E-state index < -0.39 is 6.04 Å². The van der Waals surface area contributed by atoms with Crippen LogP contribution in [0.1, 0.15) is 11.9 Å². The molecule has 2 aromatic rings. The molecule has 5 nitrogen and oxygen atoms in total. The molecule has 0 spiro atoms. The fraction of sp³-hybridized carbons (Fsp3) is 0.200. The first-order chi connectivity index (χ1) is 8.11. The van der Waals surface area contributed by atoms with E-state index >= 15 is 0 Å². The van der Waals surface area contributed by atoms with E-state index in [9.17, 15) is 4.39 Å². The van der Waals surface area contributed by atoms with E-state index in [2.05, 4.69) is 26.1 Å². The zero-order valence-corrected chi connectivity index (χ0v) is 10.2. The van der Waals surface area contributed by atoms with E-state index in [-0.39, 0.29) is 18.3 Å². The predicted molar refractivity (Wildman–Crippen MR) is 61.4 cm³/mol. The fourth-order valence-electron chi connectivity index (χ4n) is 1.22. The van der Waals surface area contributed by atoms with Crippen molar-refractivity contribution < 1.29 is 14.0 Å². The van der Waals surface area contributed by atoms with Gasteiger partial charge in [-0.25, -0.2) is 4.39 Å². The second-order valence-electron chi connectivity index (χ2n) is 3.37. The van der Waals surface area contributed by atoms with E-state index in [1.54, 1.807) is 0 Å². The second kappa shape index (κ2) is 4.91. The summed E-state index contributed by atoms with van der Waals surface area (Å²) in [6, 6.07) is 3.65. The summed E-state index contributed by atoms with van der Waals surface area (Å²) in [7, 11) is 0. The lowest BCUT2D eigenvalue weighted by Crippen LogP contribution is -2.14. The van der Waals surface area contributed by atoms with Gasteiger partial charge in [-0.3, -0.25) is 0 Å². The normalized spacial score (nSPS) is 12.7. The summed E-state index contributed by atoms with van der Waals surface area (Å²) < 4.78 is 18.2. The van der Waals surface area contributed by atoms with Crippen LogP contribution in [0.25, 0.3) is 11.4 Å². The van der Waals surface area contributed by atoms with Gasteiger partial charge in [0.05, 0.1) is 11.1 Å². The molecular weight excluding hydrogens is 293 g/mol. The van der Waals surface area contributed by atoms with Gasteiger partial charge in [-0.05, 0) is 34.1 Å². The minimum Gasteiger partial charge on any atom is -0.394 e. The molecule has 0 bridgehead atoms. The summed E-state index contributed by atoms with van der Waals surface area (Å²) in [5, 5.41) is 12.5. The van der Waals surface area contributed by atoms with E-state index in [4.69, 9.17) is 15.4 Å². The topological polar surface area (TPSA) is 85.2 Å². The Morgan fingerprint density at radius 1 is 1.53 bits per heavy atom. The van der Waals surface area contributed by atoms with Gasteiger partial charge in [0.1, 0.15) is 11.9 Å². The Labute approximate surface area is 105 Å². The first-order valence-electron chi connectivity index (χ1n) is 4.77. The Morgan fingerprint density at radius 2 is 2.29 bits per heavy atom. The van der Waals surface area contributed by atoms with Crippen LogP contribution >= 0.6 is 15.9 Å². The van der Waals surface area contributed by atoms with Gasteiger partial charge in [-0.1, -0.05) is 5.16 Å². The van der Waals surface area contributed by atoms with Gasteiger partial charge in [-0.15, -0.1) is 0 Å². The molecule has 0 fully saturated rings. The molecule has 0 amide bonds. The maximum atomic E-state index is 13.0. The Kier molecular flexibility index (Phi) is 3.51. The van der Waals surface area contributed by atoms with Crippen molar-refractivity contribution in [1.82, 2.24) is 10.1 Å². The van der Waals surface area contributed by atoms with Gasteiger partial charge in [-0.2, -0.15) is 4.98 Å². The van der Waals surface area contributed by atoms with Gasteiger partial charge in [0.25, 0.3) is 0 Å². The molecular formula is C10H9BrFN3O2. The number of hydrogen-bond acceptors (Lipinski definition) is 5. The quantitative estimate of drug-likeness (QED) is 0.900. The van der Waals surface area contributed by atoms with Crippen molar-refractivity contribution in [3.8, 4) is 11.4 Å². The molecule has 0 aliphatic carbocycles. The first kappa shape index (κ1) is 12.2. The first-order valence-corrected chi connectivity index (χ1v) is 5.56. The lowest BCUT2D eigenvalue weighted by atomic mass is 10.2. The standard InChI is InChI=1S/C10H9BrFN3O2/c11-6-3-5(1-2-7(6)12)9-14-10(17-15-9)8(13)4-16/h1-3,8,16H,4,13H2/t8-/m1/s1. The van der Waals surface area contributed by atoms with E-state index in [0.29, 0.717) is 15.9 Å². The summed E-state index contributed by atoms with van der Waals surface area (Å²) in [6.07, 6.45) is 0. The van der Waals surface area contributed by atoms with Crippen LogP contribution in [0.15, 0.2) is 27.2 Å². The van der Waals surface area contributed by atoms with Crippen molar-refractivity contribution in [1.29, 1.82) is 0 Å². The average Bonchev–Trinajstić information content (AvgIpc) is 2.81. The zero-order valence-electron chi connectivity index (χ0n) is 8.60. The number of rotatable bonds is 3. The zero-order chi connectivity index (χ0) is 12.4. The van der Waals surface area contributed by atoms with Crippen molar-refractivity contribution >= 4 is 15.9 Å². The largest absolute Gasteiger partial charge is 0.394 e.